The van der Waals surface area contributed by atoms with E-state index in [0.717, 1.165) is 0 Å². The zero-order valence-corrected chi connectivity index (χ0v) is 13.9. The third kappa shape index (κ3) is 4.32. The van der Waals surface area contributed by atoms with E-state index < -0.39 is 17.6 Å². The van der Waals surface area contributed by atoms with Gasteiger partial charge in [-0.25, -0.2) is 9.37 Å². The van der Waals surface area contributed by atoms with E-state index in [1.807, 2.05) is 6.07 Å². The number of benzene rings is 2. The molecule has 2 aromatic carbocycles. The molecule has 0 atom stereocenters. The van der Waals surface area contributed by atoms with E-state index in [9.17, 15) is 14.0 Å². The Morgan fingerprint density at radius 3 is 2.15 bits per heavy atom. The van der Waals surface area contributed by atoms with Crippen LogP contribution in [0.2, 0.25) is 0 Å². The summed E-state index contributed by atoms with van der Waals surface area (Å²) in [6.45, 7) is 0. The Morgan fingerprint density at radius 2 is 1.48 bits per heavy atom. The molecular weight excluding hydrogens is 347 g/mol. The van der Waals surface area contributed by atoms with Gasteiger partial charge in [0.1, 0.15) is 23.3 Å². The van der Waals surface area contributed by atoms with Crippen molar-refractivity contribution < 1.29 is 14.0 Å². The Morgan fingerprint density at radius 1 is 0.852 bits per heavy atom. The van der Waals surface area contributed by atoms with Crippen molar-refractivity contribution in [1.82, 2.24) is 4.98 Å². The van der Waals surface area contributed by atoms with E-state index >= 15 is 0 Å². The summed E-state index contributed by atoms with van der Waals surface area (Å²) in [5.41, 5.74) is 1.13. The summed E-state index contributed by atoms with van der Waals surface area (Å²) in [4.78, 5) is 28.7. The first-order valence-electron chi connectivity index (χ1n) is 7.91. The van der Waals surface area contributed by atoms with E-state index in [-0.39, 0.29) is 11.4 Å². The summed E-state index contributed by atoms with van der Waals surface area (Å²) < 4.78 is 12.9. The molecule has 0 radical (unpaired) electrons. The highest BCUT2D eigenvalue weighted by Crippen LogP contribution is 2.15. The lowest BCUT2D eigenvalue weighted by atomic mass is 10.2. The van der Waals surface area contributed by atoms with Gasteiger partial charge in [0.25, 0.3) is 11.8 Å². The van der Waals surface area contributed by atoms with Gasteiger partial charge in [0, 0.05) is 5.69 Å². The maximum Gasteiger partial charge on any atom is 0.274 e. The lowest BCUT2D eigenvalue weighted by molar-refractivity contribution is 0.101. The molecule has 0 saturated heterocycles. The summed E-state index contributed by atoms with van der Waals surface area (Å²) >= 11 is 0. The molecule has 0 saturated carbocycles. The standard InChI is InChI=1S/C20H13FN4O2/c21-14-8-10-15(11-9-14)23-19(26)17-6-3-7-18(24-17)20(27)25-16-5-2-1-4-13(16)12-22/h1-11H,(H,23,26)(H,25,27). The SMILES string of the molecule is N#Cc1ccccc1NC(=O)c1cccc(C(=O)Nc2ccc(F)cc2)n1. The number of carbonyl (C=O) groups excluding carboxylic acids is 2. The first-order chi connectivity index (χ1) is 13.1. The number of nitrogens with one attached hydrogen (secondary N) is 2. The number of para-hydroxylation sites is 1. The van der Waals surface area contributed by atoms with Crippen LogP contribution in [0, 0.1) is 17.1 Å². The largest absolute Gasteiger partial charge is 0.321 e. The number of halogens is 1. The van der Waals surface area contributed by atoms with E-state index in [4.69, 9.17) is 5.26 Å². The highest BCUT2D eigenvalue weighted by molar-refractivity contribution is 6.06. The molecule has 0 aliphatic rings. The first kappa shape index (κ1) is 17.8. The van der Waals surface area contributed by atoms with Gasteiger partial charge in [-0.2, -0.15) is 5.26 Å². The van der Waals surface area contributed by atoms with Crippen molar-refractivity contribution in [1.29, 1.82) is 5.26 Å². The van der Waals surface area contributed by atoms with Crippen LogP contribution in [-0.2, 0) is 0 Å². The predicted octanol–water partition coefficient (Wildman–Crippen LogP) is 3.60. The molecule has 132 valence electrons. The van der Waals surface area contributed by atoms with Crippen LogP contribution in [0.1, 0.15) is 26.5 Å². The van der Waals surface area contributed by atoms with E-state index in [1.165, 1.54) is 42.5 Å². The van der Waals surface area contributed by atoms with Crippen molar-refractivity contribution in [2.75, 3.05) is 10.6 Å². The van der Waals surface area contributed by atoms with Gasteiger partial charge in [0.05, 0.1) is 11.3 Å². The molecule has 0 spiro atoms. The van der Waals surface area contributed by atoms with Crippen LogP contribution in [0.5, 0.6) is 0 Å². The fraction of sp³-hybridized carbons (Fsp3) is 0. The second-order valence-electron chi connectivity index (χ2n) is 5.48. The smallest absolute Gasteiger partial charge is 0.274 e. The molecular formula is C20H13FN4O2. The Balaban J connectivity index is 1.76. The van der Waals surface area contributed by atoms with Gasteiger partial charge in [-0.05, 0) is 48.5 Å². The summed E-state index contributed by atoms with van der Waals surface area (Å²) in [5.74, 6) is -1.50. The number of nitrogens with zero attached hydrogens (tertiary/aromatic N) is 2. The highest BCUT2D eigenvalue weighted by atomic mass is 19.1. The van der Waals surface area contributed by atoms with Crippen LogP contribution in [0.15, 0.2) is 66.7 Å². The number of nitriles is 1. The maximum atomic E-state index is 12.9. The van der Waals surface area contributed by atoms with Crippen molar-refractivity contribution in [3.8, 4) is 6.07 Å². The van der Waals surface area contributed by atoms with E-state index in [2.05, 4.69) is 15.6 Å². The summed E-state index contributed by atoms with van der Waals surface area (Å²) in [6, 6.07) is 18.3. The Hall–Kier alpha value is -4.05. The molecule has 0 bridgehead atoms. The lowest BCUT2D eigenvalue weighted by Crippen LogP contribution is -2.18. The second-order valence-corrected chi connectivity index (χ2v) is 5.48. The molecule has 0 unspecified atom stereocenters. The minimum atomic E-state index is -0.547. The van der Waals surface area contributed by atoms with Crippen molar-refractivity contribution >= 4 is 23.2 Å². The van der Waals surface area contributed by atoms with E-state index in [1.54, 1.807) is 24.3 Å². The van der Waals surface area contributed by atoms with Crippen LogP contribution in [0.3, 0.4) is 0 Å². The number of hydrogen-bond acceptors (Lipinski definition) is 4. The molecule has 3 rings (SSSR count). The van der Waals surface area contributed by atoms with Gasteiger partial charge in [-0.15, -0.1) is 0 Å². The molecule has 2 N–H and O–H groups in total. The minimum absolute atomic E-state index is 0.0227. The molecule has 3 aromatic rings. The fourth-order valence-corrected chi connectivity index (χ4v) is 2.29. The van der Waals surface area contributed by atoms with Crippen molar-refractivity contribution in [2.24, 2.45) is 0 Å². The summed E-state index contributed by atoms with van der Waals surface area (Å²) in [7, 11) is 0. The maximum absolute atomic E-state index is 12.9. The molecule has 0 aliphatic heterocycles. The fourth-order valence-electron chi connectivity index (χ4n) is 2.29. The van der Waals surface area contributed by atoms with Gasteiger partial charge in [0.2, 0.25) is 0 Å². The topological polar surface area (TPSA) is 94.9 Å². The van der Waals surface area contributed by atoms with Crippen molar-refractivity contribution in [3.05, 3.63) is 89.5 Å². The van der Waals surface area contributed by atoms with Crippen LogP contribution < -0.4 is 10.6 Å². The molecule has 27 heavy (non-hydrogen) atoms. The molecule has 7 heteroatoms. The average molecular weight is 360 g/mol. The summed E-state index contributed by atoms with van der Waals surface area (Å²) in [6.07, 6.45) is 0. The first-order valence-corrected chi connectivity index (χ1v) is 7.91. The van der Waals surface area contributed by atoms with Gasteiger partial charge in [-0.1, -0.05) is 18.2 Å². The summed E-state index contributed by atoms with van der Waals surface area (Å²) in [5, 5.41) is 14.3. The Bertz CT molecular complexity index is 1040. The lowest BCUT2D eigenvalue weighted by Gasteiger charge is -2.08. The van der Waals surface area contributed by atoms with E-state index in [0.29, 0.717) is 16.9 Å². The predicted molar refractivity (Wildman–Crippen MR) is 97.7 cm³/mol. The van der Waals surface area contributed by atoms with Gasteiger partial charge in [0.15, 0.2) is 0 Å². The molecule has 1 aromatic heterocycles. The number of hydrogen-bond donors (Lipinski definition) is 2. The zero-order chi connectivity index (χ0) is 19.2. The quantitative estimate of drug-likeness (QED) is 0.743. The van der Waals surface area contributed by atoms with Crippen LogP contribution in [-0.4, -0.2) is 16.8 Å². The Labute approximate surface area is 154 Å². The van der Waals surface area contributed by atoms with Crippen LogP contribution in [0.4, 0.5) is 15.8 Å². The third-order valence-corrected chi connectivity index (χ3v) is 3.61. The highest BCUT2D eigenvalue weighted by Gasteiger charge is 2.14. The average Bonchev–Trinajstić information content (AvgIpc) is 2.70. The van der Waals surface area contributed by atoms with Gasteiger partial charge < -0.3 is 10.6 Å². The second kappa shape index (κ2) is 7.89. The number of aromatic nitrogens is 1. The monoisotopic (exact) mass is 360 g/mol. The number of amides is 2. The van der Waals surface area contributed by atoms with Crippen molar-refractivity contribution in [2.45, 2.75) is 0 Å². The number of rotatable bonds is 4. The number of anilines is 2. The molecule has 6 nitrogen and oxygen atoms in total. The Kier molecular flexibility index (Phi) is 5.19. The zero-order valence-electron chi connectivity index (χ0n) is 13.9. The van der Waals surface area contributed by atoms with Gasteiger partial charge in [-0.3, -0.25) is 9.59 Å². The molecule has 0 fully saturated rings. The molecule has 1 heterocycles. The van der Waals surface area contributed by atoms with Crippen LogP contribution in [0.25, 0.3) is 0 Å². The minimum Gasteiger partial charge on any atom is -0.321 e. The third-order valence-electron chi connectivity index (χ3n) is 3.61. The number of carbonyl (C=O) groups is 2. The normalized spacial score (nSPS) is 9.93. The molecule has 0 aliphatic carbocycles. The van der Waals surface area contributed by atoms with Crippen LogP contribution >= 0.6 is 0 Å². The van der Waals surface area contributed by atoms with Crippen molar-refractivity contribution in [3.63, 3.8) is 0 Å². The van der Waals surface area contributed by atoms with Gasteiger partial charge >= 0.3 is 0 Å². The molecule has 2 amide bonds. The number of pyridine rings is 1.